The van der Waals surface area contributed by atoms with Gasteiger partial charge in [0.15, 0.2) is 0 Å². The maximum absolute atomic E-state index is 12.6. The number of aromatic nitrogens is 1. The first-order valence-electron chi connectivity index (χ1n) is 7.67. The quantitative estimate of drug-likeness (QED) is 0.722. The molecule has 0 aliphatic carbocycles. The molecule has 7 heteroatoms. The van der Waals surface area contributed by atoms with E-state index < -0.39 is 5.97 Å². The minimum absolute atomic E-state index is 0.0937. The van der Waals surface area contributed by atoms with Gasteiger partial charge in [-0.3, -0.25) is 4.79 Å². The summed E-state index contributed by atoms with van der Waals surface area (Å²) >= 11 is 1.26. The molecule has 6 nitrogen and oxygen atoms in total. The van der Waals surface area contributed by atoms with Gasteiger partial charge in [-0.2, -0.15) is 4.37 Å². The minimum Gasteiger partial charge on any atom is -0.492 e. The highest BCUT2D eigenvalue weighted by molar-refractivity contribution is 7.13. The largest absolute Gasteiger partial charge is 0.492 e. The van der Waals surface area contributed by atoms with E-state index in [2.05, 4.69) is 9.69 Å². The van der Waals surface area contributed by atoms with Crippen molar-refractivity contribution in [2.75, 3.05) is 11.9 Å². The van der Waals surface area contributed by atoms with E-state index in [9.17, 15) is 9.59 Å². The summed E-state index contributed by atoms with van der Waals surface area (Å²) < 4.78 is 10.6. The van der Waals surface area contributed by atoms with Gasteiger partial charge in [0, 0.05) is 5.39 Å². The Bertz CT molecular complexity index is 965. The van der Waals surface area contributed by atoms with Crippen molar-refractivity contribution in [1.82, 2.24) is 4.37 Å². The molecule has 0 spiro atoms. The molecule has 1 heterocycles. The Hall–Kier alpha value is -2.93. The zero-order valence-corrected chi connectivity index (χ0v) is 14.5. The average molecular weight is 356 g/mol. The van der Waals surface area contributed by atoms with Crippen molar-refractivity contribution in [3.05, 3.63) is 53.2 Å². The first-order chi connectivity index (χ1) is 12.0. The molecule has 1 aromatic heterocycles. The molecule has 0 radical (unpaired) electrons. The number of rotatable bonds is 5. The molecule has 1 amide bonds. The van der Waals surface area contributed by atoms with E-state index in [0.717, 1.165) is 15.6 Å². The van der Waals surface area contributed by atoms with E-state index in [-0.39, 0.29) is 11.5 Å². The van der Waals surface area contributed by atoms with Crippen molar-refractivity contribution in [3.63, 3.8) is 0 Å². The van der Waals surface area contributed by atoms with Crippen molar-refractivity contribution >= 4 is 39.2 Å². The summed E-state index contributed by atoms with van der Waals surface area (Å²) in [6.45, 7) is 4.09. The number of carbonyl (C=O) groups excluding carboxylic acids is 1. The average Bonchev–Trinajstić information content (AvgIpc) is 2.99. The number of carboxylic acids is 1. The van der Waals surface area contributed by atoms with Crippen LogP contribution < -0.4 is 10.1 Å². The standard InChI is InChI=1S/C18H16N2O4S/c1-3-24-14-9-11(18(22)23)5-6-13(14)19-17(21)16-12-8-10(2)4-7-15(12)25-20-16/h4-9H,3H2,1-2H3,(H,19,21)(H,22,23). The lowest BCUT2D eigenvalue weighted by Gasteiger charge is -2.12. The molecule has 3 rings (SSSR count). The Balaban J connectivity index is 1.94. The first kappa shape index (κ1) is 16.9. The molecule has 25 heavy (non-hydrogen) atoms. The van der Waals surface area contributed by atoms with E-state index in [1.807, 2.05) is 25.1 Å². The summed E-state index contributed by atoms with van der Waals surface area (Å²) in [7, 11) is 0. The van der Waals surface area contributed by atoms with Crippen molar-refractivity contribution in [2.24, 2.45) is 0 Å². The number of ether oxygens (including phenoxy) is 1. The summed E-state index contributed by atoms with van der Waals surface area (Å²) in [5, 5.41) is 12.7. The second kappa shape index (κ2) is 6.90. The number of fused-ring (bicyclic) bond motifs is 1. The third-order valence-electron chi connectivity index (χ3n) is 3.62. The normalized spacial score (nSPS) is 10.6. The van der Waals surface area contributed by atoms with E-state index in [1.165, 1.54) is 29.7 Å². The molecule has 0 unspecified atom stereocenters. The number of hydrogen-bond acceptors (Lipinski definition) is 5. The maximum Gasteiger partial charge on any atom is 0.335 e. The lowest BCUT2D eigenvalue weighted by atomic mass is 10.1. The molecule has 2 aromatic carbocycles. The minimum atomic E-state index is -1.06. The molecule has 0 fully saturated rings. The fourth-order valence-electron chi connectivity index (χ4n) is 2.43. The van der Waals surface area contributed by atoms with Gasteiger partial charge in [0.05, 0.1) is 22.6 Å². The van der Waals surface area contributed by atoms with Gasteiger partial charge in [0.1, 0.15) is 11.4 Å². The molecule has 0 atom stereocenters. The third-order valence-corrected chi connectivity index (χ3v) is 4.44. The highest BCUT2D eigenvalue weighted by atomic mass is 32.1. The van der Waals surface area contributed by atoms with Crippen LogP contribution in [-0.4, -0.2) is 28.0 Å². The number of amides is 1. The van der Waals surface area contributed by atoms with Crippen molar-refractivity contribution in [2.45, 2.75) is 13.8 Å². The Kier molecular flexibility index (Phi) is 4.67. The zero-order chi connectivity index (χ0) is 18.0. The molecule has 0 aliphatic heterocycles. The lowest BCUT2D eigenvalue weighted by Crippen LogP contribution is -2.14. The Morgan fingerprint density at radius 2 is 2.04 bits per heavy atom. The predicted molar refractivity (Wildman–Crippen MR) is 96.9 cm³/mol. The second-order valence-corrected chi connectivity index (χ2v) is 6.24. The van der Waals surface area contributed by atoms with E-state index in [0.29, 0.717) is 23.7 Å². The molecule has 0 aliphatic rings. The molecule has 0 saturated heterocycles. The molecule has 0 saturated carbocycles. The van der Waals surface area contributed by atoms with Crippen LogP contribution in [0.15, 0.2) is 36.4 Å². The summed E-state index contributed by atoms with van der Waals surface area (Å²) in [5.74, 6) is -1.10. The molecule has 128 valence electrons. The number of carboxylic acid groups (broad SMARTS) is 1. The highest BCUT2D eigenvalue weighted by Gasteiger charge is 2.17. The van der Waals surface area contributed by atoms with Crippen LogP contribution in [0.4, 0.5) is 5.69 Å². The molecular formula is C18H16N2O4S. The van der Waals surface area contributed by atoms with Crippen LogP contribution >= 0.6 is 11.5 Å². The number of aryl methyl sites for hydroxylation is 1. The summed E-state index contributed by atoms with van der Waals surface area (Å²) in [4.78, 5) is 23.7. The van der Waals surface area contributed by atoms with E-state index in [4.69, 9.17) is 9.84 Å². The topological polar surface area (TPSA) is 88.5 Å². The van der Waals surface area contributed by atoms with Crippen LogP contribution in [0.3, 0.4) is 0 Å². The van der Waals surface area contributed by atoms with Crippen LogP contribution in [0.1, 0.15) is 33.3 Å². The molecule has 3 aromatic rings. The van der Waals surface area contributed by atoms with Gasteiger partial charge in [0.2, 0.25) is 0 Å². The van der Waals surface area contributed by atoms with Crippen LogP contribution in [0.25, 0.3) is 10.1 Å². The van der Waals surface area contributed by atoms with Crippen LogP contribution in [-0.2, 0) is 0 Å². The van der Waals surface area contributed by atoms with Crippen LogP contribution in [0, 0.1) is 6.92 Å². The van der Waals surface area contributed by atoms with E-state index >= 15 is 0 Å². The fourth-order valence-corrected chi connectivity index (χ4v) is 3.19. The van der Waals surface area contributed by atoms with Crippen molar-refractivity contribution in [1.29, 1.82) is 0 Å². The van der Waals surface area contributed by atoms with Crippen LogP contribution in [0.5, 0.6) is 5.75 Å². The van der Waals surface area contributed by atoms with Crippen molar-refractivity contribution < 1.29 is 19.4 Å². The molecule has 0 bridgehead atoms. The number of hydrogen-bond donors (Lipinski definition) is 2. The molecule has 2 N–H and O–H groups in total. The van der Waals surface area contributed by atoms with Gasteiger partial charge in [-0.15, -0.1) is 0 Å². The monoisotopic (exact) mass is 356 g/mol. The summed E-state index contributed by atoms with van der Waals surface area (Å²) in [6.07, 6.45) is 0. The smallest absolute Gasteiger partial charge is 0.335 e. The van der Waals surface area contributed by atoms with Gasteiger partial charge in [0.25, 0.3) is 5.91 Å². The number of aromatic carboxylic acids is 1. The lowest BCUT2D eigenvalue weighted by molar-refractivity contribution is 0.0696. The van der Waals surface area contributed by atoms with Crippen LogP contribution in [0.2, 0.25) is 0 Å². The zero-order valence-electron chi connectivity index (χ0n) is 13.7. The maximum atomic E-state index is 12.6. The van der Waals surface area contributed by atoms with Gasteiger partial charge in [-0.05, 0) is 55.7 Å². The number of benzene rings is 2. The summed E-state index contributed by atoms with van der Waals surface area (Å²) in [5.41, 5.74) is 1.89. The van der Waals surface area contributed by atoms with Gasteiger partial charge in [-0.1, -0.05) is 11.6 Å². The number of nitrogens with one attached hydrogen (secondary N) is 1. The van der Waals surface area contributed by atoms with Crippen molar-refractivity contribution in [3.8, 4) is 5.75 Å². The number of carbonyl (C=O) groups is 2. The number of nitrogens with zero attached hydrogens (tertiary/aromatic N) is 1. The Labute approximate surface area is 148 Å². The van der Waals surface area contributed by atoms with Gasteiger partial charge < -0.3 is 15.2 Å². The van der Waals surface area contributed by atoms with Gasteiger partial charge >= 0.3 is 5.97 Å². The number of anilines is 1. The highest BCUT2D eigenvalue weighted by Crippen LogP contribution is 2.29. The molecular weight excluding hydrogens is 340 g/mol. The van der Waals surface area contributed by atoms with E-state index in [1.54, 1.807) is 6.92 Å². The third kappa shape index (κ3) is 3.46. The second-order valence-electron chi connectivity index (χ2n) is 5.43. The Morgan fingerprint density at radius 1 is 1.24 bits per heavy atom. The van der Waals surface area contributed by atoms with Gasteiger partial charge in [-0.25, -0.2) is 4.79 Å². The summed E-state index contributed by atoms with van der Waals surface area (Å²) in [6, 6.07) is 10.2. The Morgan fingerprint density at radius 3 is 2.76 bits per heavy atom. The first-order valence-corrected chi connectivity index (χ1v) is 8.44. The predicted octanol–water partition coefficient (Wildman–Crippen LogP) is 3.95. The fraction of sp³-hybridized carbons (Fsp3) is 0.167. The SMILES string of the molecule is CCOc1cc(C(=O)O)ccc1NC(=O)c1nsc2ccc(C)cc12.